The van der Waals surface area contributed by atoms with Crippen LogP contribution in [0.2, 0.25) is 0 Å². The van der Waals surface area contributed by atoms with Crippen LogP contribution < -0.4 is 24.3 Å². The van der Waals surface area contributed by atoms with Crippen molar-refractivity contribution in [2.75, 3.05) is 26.1 Å². The molecule has 0 unspecified atom stereocenters. The zero-order valence-corrected chi connectivity index (χ0v) is 21.6. The second-order valence-corrected chi connectivity index (χ2v) is 8.30. The van der Waals surface area contributed by atoms with Gasteiger partial charge in [0.25, 0.3) is 5.91 Å². The lowest BCUT2D eigenvalue weighted by atomic mass is 10.2. The van der Waals surface area contributed by atoms with Crippen molar-refractivity contribution >= 4 is 22.6 Å². The van der Waals surface area contributed by atoms with Crippen LogP contribution in [0, 0.1) is 0 Å². The maximum Gasteiger partial charge on any atom is 0.281 e. The molecule has 1 N–H and O–H groups in total. The molecular formula is C28H26N6O5. The summed E-state index contributed by atoms with van der Waals surface area (Å²) < 4.78 is 24.1. The molecule has 0 atom stereocenters. The van der Waals surface area contributed by atoms with Gasteiger partial charge in [-0.25, -0.2) is 4.98 Å². The van der Waals surface area contributed by atoms with Crippen LogP contribution in [0.5, 0.6) is 28.7 Å². The number of pyridine rings is 3. The van der Waals surface area contributed by atoms with E-state index in [9.17, 15) is 4.79 Å². The molecule has 11 heteroatoms. The van der Waals surface area contributed by atoms with Crippen molar-refractivity contribution in [3.8, 4) is 28.7 Å². The van der Waals surface area contributed by atoms with Crippen LogP contribution in [0.4, 0.5) is 5.82 Å². The Kier molecular flexibility index (Phi) is 7.48. The van der Waals surface area contributed by atoms with Crippen molar-refractivity contribution in [3.05, 3.63) is 84.7 Å². The summed E-state index contributed by atoms with van der Waals surface area (Å²) in [4.78, 5) is 25.9. The standard InChI is InChI=1S/C28H26N6O5/c1-4-38-25-17-34(16-18-6-5-10-29-14-18)33-27(25)28(35)32-26-8-7-19(15-31-26)39-22-9-11-30-21-13-24(37-3)23(36-2)12-20(21)22/h5-15,17H,4,16H2,1-3H3,(H,31,32,35). The van der Waals surface area contributed by atoms with Gasteiger partial charge in [0.1, 0.15) is 17.3 Å². The first kappa shape index (κ1) is 25.5. The quantitative estimate of drug-likeness (QED) is 0.275. The Morgan fingerprint density at radius 2 is 1.79 bits per heavy atom. The number of carbonyl (C=O) groups excluding carboxylic acids is 1. The van der Waals surface area contributed by atoms with E-state index in [1.165, 1.54) is 6.20 Å². The first-order valence-electron chi connectivity index (χ1n) is 12.1. The molecule has 5 rings (SSSR count). The molecule has 0 aliphatic rings. The van der Waals surface area contributed by atoms with Crippen molar-refractivity contribution in [2.45, 2.75) is 13.5 Å². The first-order valence-corrected chi connectivity index (χ1v) is 12.1. The van der Waals surface area contributed by atoms with E-state index in [1.54, 1.807) is 68.0 Å². The molecule has 0 spiro atoms. The predicted molar refractivity (Wildman–Crippen MR) is 144 cm³/mol. The van der Waals surface area contributed by atoms with Gasteiger partial charge < -0.3 is 24.3 Å². The SMILES string of the molecule is CCOc1cn(Cc2cccnc2)nc1C(=O)Nc1ccc(Oc2ccnc3cc(OC)c(OC)cc23)cn1. The smallest absolute Gasteiger partial charge is 0.281 e. The molecule has 0 aliphatic carbocycles. The molecule has 39 heavy (non-hydrogen) atoms. The number of methoxy groups -OCH3 is 2. The Morgan fingerprint density at radius 3 is 2.51 bits per heavy atom. The minimum atomic E-state index is -0.439. The van der Waals surface area contributed by atoms with Gasteiger partial charge in [0, 0.05) is 30.0 Å². The molecule has 0 aliphatic heterocycles. The molecular weight excluding hydrogens is 500 g/mol. The number of amides is 1. The highest BCUT2D eigenvalue weighted by atomic mass is 16.5. The van der Waals surface area contributed by atoms with Gasteiger partial charge in [0.2, 0.25) is 0 Å². The Labute approximate surface area is 224 Å². The third-order valence-electron chi connectivity index (χ3n) is 5.72. The number of hydrogen-bond donors (Lipinski definition) is 1. The molecule has 1 amide bonds. The molecule has 1 aromatic carbocycles. The van der Waals surface area contributed by atoms with E-state index >= 15 is 0 Å². The number of rotatable bonds is 10. The van der Waals surface area contributed by atoms with Crippen molar-refractivity contribution in [1.29, 1.82) is 0 Å². The number of nitrogens with zero attached hydrogens (tertiary/aromatic N) is 5. The summed E-state index contributed by atoms with van der Waals surface area (Å²) in [6.07, 6.45) is 8.31. The molecule has 5 aromatic rings. The van der Waals surface area contributed by atoms with Crippen LogP contribution in [0.25, 0.3) is 10.9 Å². The van der Waals surface area contributed by atoms with Crippen LogP contribution in [-0.2, 0) is 6.54 Å². The Bertz CT molecular complexity index is 1590. The maximum atomic E-state index is 13.0. The fourth-order valence-electron chi connectivity index (χ4n) is 3.93. The summed E-state index contributed by atoms with van der Waals surface area (Å²) in [5, 5.41) is 7.94. The monoisotopic (exact) mass is 526 g/mol. The van der Waals surface area contributed by atoms with Crippen molar-refractivity contribution in [2.24, 2.45) is 0 Å². The average Bonchev–Trinajstić information content (AvgIpc) is 3.36. The van der Waals surface area contributed by atoms with Gasteiger partial charge in [-0.3, -0.25) is 19.4 Å². The molecule has 0 saturated carbocycles. The van der Waals surface area contributed by atoms with E-state index in [0.29, 0.717) is 53.2 Å². The lowest BCUT2D eigenvalue weighted by molar-refractivity contribution is 0.101. The van der Waals surface area contributed by atoms with Gasteiger partial charge in [-0.2, -0.15) is 5.10 Å². The zero-order valence-electron chi connectivity index (χ0n) is 21.6. The van der Waals surface area contributed by atoms with Gasteiger partial charge in [-0.15, -0.1) is 0 Å². The summed E-state index contributed by atoms with van der Waals surface area (Å²) in [6, 6.07) is 12.5. The highest BCUT2D eigenvalue weighted by Gasteiger charge is 2.19. The molecule has 11 nitrogen and oxygen atoms in total. The van der Waals surface area contributed by atoms with Crippen molar-refractivity contribution in [1.82, 2.24) is 24.7 Å². The highest BCUT2D eigenvalue weighted by Crippen LogP contribution is 2.36. The summed E-state index contributed by atoms with van der Waals surface area (Å²) in [7, 11) is 3.14. The largest absolute Gasteiger partial charge is 0.493 e. The molecule has 0 radical (unpaired) electrons. The van der Waals surface area contributed by atoms with E-state index in [0.717, 1.165) is 10.9 Å². The fraction of sp³-hybridized carbons (Fsp3) is 0.179. The lowest BCUT2D eigenvalue weighted by Crippen LogP contribution is -2.15. The van der Waals surface area contributed by atoms with Crippen LogP contribution in [0.15, 0.2) is 73.4 Å². The van der Waals surface area contributed by atoms with Crippen LogP contribution in [0.3, 0.4) is 0 Å². The molecule has 0 fully saturated rings. The molecule has 0 saturated heterocycles. The van der Waals surface area contributed by atoms with Gasteiger partial charge in [0.15, 0.2) is 22.9 Å². The molecule has 0 bridgehead atoms. The Hall–Kier alpha value is -5.19. The predicted octanol–water partition coefficient (Wildman–Crippen LogP) is 4.73. The number of aromatic nitrogens is 5. The summed E-state index contributed by atoms with van der Waals surface area (Å²) in [5.74, 6) is 2.47. The third kappa shape index (κ3) is 5.72. The number of ether oxygens (including phenoxy) is 4. The third-order valence-corrected chi connectivity index (χ3v) is 5.72. The van der Waals surface area contributed by atoms with Gasteiger partial charge >= 0.3 is 0 Å². The van der Waals surface area contributed by atoms with Gasteiger partial charge in [-0.05, 0) is 42.8 Å². The number of fused-ring (bicyclic) bond motifs is 1. The number of hydrogen-bond acceptors (Lipinski definition) is 9. The zero-order chi connectivity index (χ0) is 27.2. The van der Waals surface area contributed by atoms with E-state index in [4.69, 9.17) is 18.9 Å². The van der Waals surface area contributed by atoms with Gasteiger partial charge in [-0.1, -0.05) is 6.07 Å². The number of anilines is 1. The van der Waals surface area contributed by atoms with E-state index in [2.05, 4.69) is 25.4 Å². The van der Waals surface area contributed by atoms with Gasteiger partial charge in [0.05, 0.1) is 45.3 Å². The average molecular weight is 527 g/mol. The summed E-state index contributed by atoms with van der Waals surface area (Å²) in [5.41, 5.74) is 1.80. The highest BCUT2D eigenvalue weighted by molar-refractivity contribution is 6.04. The number of carbonyl (C=O) groups is 1. The van der Waals surface area contributed by atoms with E-state index < -0.39 is 5.91 Å². The van der Waals surface area contributed by atoms with Crippen LogP contribution in [-0.4, -0.2) is 51.5 Å². The van der Waals surface area contributed by atoms with Crippen LogP contribution >= 0.6 is 0 Å². The second kappa shape index (κ2) is 11.5. The Morgan fingerprint density at radius 1 is 0.949 bits per heavy atom. The molecule has 4 aromatic heterocycles. The first-order chi connectivity index (χ1) is 19.1. The topological polar surface area (TPSA) is 123 Å². The minimum Gasteiger partial charge on any atom is -0.493 e. The van der Waals surface area contributed by atoms with E-state index in [1.807, 2.05) is 25.1 Å². The number of nitrogens with one attached hydrogen (secondary N) is 1. The number of benzene rings is 1. The summed E-state index contributed by atoms with van der Waals surface area (Å²) >= 11 is 0. The molecule has 4 heterocycles. The Balaban J connectivity index is 1.31. The molecule has 198 valence electrons. The van der Waals surface area contributed by atoms with Crippen molar-refractivity contribution < 1.29 is 23.7 Å². The van der Waals surface area contributed by atoms with Crippen molar-refractivity contribution in [3.63, 3.8) is 0 Å². The van der Waals surface area contributed by atoms with Crippen LogP contribution in [0.1, 0.15) is 23.0 Å². The lowest BCUT2D eigenvalue weighted by Gasteiger charge is -2.12. The normalized spacial score (nSPS) is 10.7. The minimum absolute atomic E-state index is 0.162. The maximum absolute atomic E-state index is 13.0. The fourth-order valence-corrected chi connectivity index (χ4v) is 3.93. The second-order valence-electron chi connectivity index (χ2n) is 8.30. The summed E-state index contributed by atoms with van der Waals surface area (Å²) in [6.45, 7) is 2.69. The van der Waals surface area contributed by atoms with E-state index in [-0.39, 0.29) is 5.69 Å².